The monoisotopic (exact) mass is 598 g/mol. The van der Waals surface area contributed by atoms with Crippen LogP contribution in [-0.2, 0) is 9.84 Å². The quantitative estimate of drug-likeness (QED) is 0.223. The number of carbonyl (C=O) groups is 2. The Morgan fingerprint density at radius 2 is 1.58 bits per heavy atom. The van der Waals surface area contributed by atoms with E-state index in [2.05, 4.69) is 25.5 Å². The number of nitrogens with one attached hydrogen (secondary N) is 2. The van der Waals surface area contributed by atoms with Gasteiger partial charge in [0.15, 0.2) is 9.84 Å². The highest BCUT2D eigenvalue weighted by Crippen LogP contribution is 2.29. The lowest BCUT2D eigenvalue weighted by molar-refractivity contribution is 0.100. The summed E-state index contributed by atoms with van der Waals surface area (Å²) in [6, 6.07) is 18.6. The summed E-state index contributed by atoms with van der Waals surface area (Å²) in [6.45, 7) is 4.82. The zero-order valence-corrected chi connectivity index (χ0v) is 24.7. The molecule has 10 nitrogen and oxygen atoms in total. The molecule has 0 atom stereocenters. The molecule has 2 amide bonds. The summed E-state index contributed by atoms with van der Waals surface area (Å²) in [4.78, 5) is 36.9. The molecule has 1 aliphatic heterocycles. The van der Waals surface area contributed by atoms with Crippen molar-refractivity contribution >= 4 is 39.0 Å². The number of likely N-dealkylation sites (tertiary alicyclic amines) is 1. The van der Waals surface area contributed by atoms with E-state index in [9.17, 15) is 18.0 Å². The predicted molar refractivity (Wildman–Crippen MR) is 167 cm³/mol. The van der Waals surface area contributed by atoms with Crippen LogP contribution in [0.25, 0.3) is 11.1 Å². The molecule has 2 heterocycles. The lowest BCUT2D eigenvalue weighted by atomic mass is 9.95. The number of primary amides is 1. The Bertz CT molecular complexity index is 1720. The fourth-order valence-corrected chi connectivity index (χ4v) is 6.47. The Balaban J connectivity index is 1.30. The van der Waals surface area contributed by atoms with Crippen molar-refractivity contribution in [2.24, 2.45) is 5.73 Å². The highest BCUT2D eigenvalue weighted by atomic mass is 32.2. The minimum Gasteiger partial charge on any atom is -0.366 e. The highest BCUT2D eigenvalue weighted by Gasteiger charge is 2.21. The molecule has 0 saturated carbocycles. The number of benzene rings is 3. The summed E-state index contributed by atoms with van der Waals surface area (Å²) in [5, 5.41) is 5.93. The fraction of sp³-hybridized carbons (Fsp3) is 0.250. The molecule has 0 unspecified atom stereocenters. The first-order valence-corrected chi connectivity index (χ1v) is 15.8. The van der Waals surface area contributed by atoms with Crippen LogP contribution in [-0.4, -0.2) is 60.5 Å². The minimum atomic E-state index is -3.38. The van der Waals surface area contributed by atoms with E-state index >= 15 is 0 Å². The van der Waals surface area contributed by atoms with Gasteiger partial charge in [0, 0.05) is 46.0 Å². The zero-order valence-electron chi connectivity index (χ0n) is 23.9. The van der Waals surface area contributed by atoms with Gasteiger partial charge in [-0.15, -0.1) is 0 Å². The summed E-state index contributed by atoms with van der Waals surface area (Å²) < 4.78 is 25.6. The maximum Gasteiger partial charge on any atom is 0.256 e. The van der Waals surface area contributed by atoms with E-state index in [4.69, 9.17) is 5.73 Å². The third-order valence-electron chi connectivity index (χ3n) is 7.35. The van der Waals surface area contributed by atoms with E-state index in [1.54, 1.807) is 48.5 Å². The van der Waals surface area contributed by atoms with Gasteiger partial charge in [-0.25, -0.2) is 18.4 Å². The normalized spacial score (nSPS) is 13.5. The number of rotatable bonds is 11. The second-order valence-corrected chi connectivity index (χ2v) is 12.7. The SMILES string of the molecule is Cc1cccc(NC(=O)c2cccc(C(N)=O)c2-c2cnc(Nc3ccc(S(=O)(=O)CCCN4CCCC4)cc3)nc2)c1. The molecule has 1 fully saturated rings. The minimum absolute atomic E-state index is 0.110. The maximum absolute atomic E-state index is 13.3. The van der Waals surface area contributed by atoms with Gasteiger partial charge in [-0.1, -0.05) is 18.2 Å². The summed E-state index contributed by atoms with van der Waals surface area (Å²) in [7, 11) is -3.38. The fourth-order valence-electron chi connectivity index (χ4n) is 5.18. The standard InChI is InChI=1S/C32H34N6O4S/c1-22-7-4-8-25(19-22)36-31(40)28-10-5-9-27(30(33)39)29(28)23-20-34-32(35-21-23)37-24-11-13-26(14-12-24)43(41,42)18-6-17-38-15-2-3-16-38/h4-5,7-14,19-21H,2-3,6,15-18H2,1H3,(H2,33,39)(H,36,40)(H,34,35,37). The van der Waals surface area contributed by atoms with Crippen molar-refractivity contribution in [2.75, 3.05) is 36.0 Å². The Morgan fingerprint density at radius 3 is 2.26 bits per heavy atom. The number of hydrogen-bond acceptors (Lipinski definition) is 8. The molecule has 4 N–H and O–H groups in total. The first-order valence-electron chi connectivity index (χ1n) is 14.1. The van der Waals surface area contributed by atoms with Crippen LogP contribution in [0.1, 0.15) is 45.5 Å². The van der Waals surface area contributed by atoms with Gasteiger partial charge in [-0.2, -0.15) is 0 Å². The predicted octanol–water partition coefficient (Wildman–Crippen LogP) is 4.81. The third-order valence-corrected chi connectivity index (χ3v) is 9.16. The number of hydrogen-bond donors (Lipinski definition) is 3. The molecular weight excluding hydrogens is 564 g/mol. The van der Waals surface area contributed by atoms with Crippen molar-refractivity contribution in [2.45, 2.75) is 31.1 Å². The van der Waals surface area contributed by atoms with Gasteiger partial charge >= 0.3 is 0 Å². The van der Waals surface area contributed by atoms with E-state index < -0.39 is 21.7 Å². The van der Waals surface area contributed by atoms with Gasteiger partial charge in [0.25, 0.3) is 5.91 Å². The van der Waals surface area contributed by atoms with Crippen LogP contribution in [0.15, 0.2) is 84.0 Å². The number of aryl methyl sites for hydroxylation is 1. The molecule has 222 valence electrons. The molecule has 0 spiro atoms. The first kappa shape index (κ1) is 29.9. The van der Waals surface area contributed by atoms with Gasteiger partial charge in [0.1, 0.15) is 0 Å². The third kappa shape index (κ3) is 7.43. The Hall–Kier alpha value is -4.61. The largest absolute Gasteiger partial charge is 0.366 e. The van der Waals surface area contributed by atoms with Crippen molar-refractivity contribution in [3.05, 3.63) is 95.8 Å². The van der Waals surface area contributed by atoms with Crippen LogP contribution >= 0.6 is 0 Å². The number of anilines is 3. The first-order chi connectivity index (χ1) is 20.7. The van der Waals surface area contributed by atoms with Crippen LogP contribution < -0.4 is 16.4 Å². The van der Waals surface area contributed by atoms with Gasteiger partial charge in [-0.3, -0.25) is 9.59 Å². The molecule has 0 radical (unpaired) electrons. The number of carbonyl (C=O) groups excluding carboxylic acids is 2. The van der Waals surface area contributed by atoms with Gasteiger partial charge in [0.2, 0.25) is 11.9 Å². The van der Waals surface area contributed by atoms with Crippen LogP contribution in [0.3, 0.4) is 0 Å². The van der Waals surface area contributed by atoms with E-state index in [0.717, 1.165) is 25.2 Å². The lowest BCUT2D eigenvalue weighted by Crippen LogP contribution is -2.22. The van der Waals surface area contributed by atoms with Gasteiger partial charge in [-0.05, 0) is 99.9 Å². The summed E-state index contributed by atoms with van der Waals surface area (Å²) in [6.07, 6.45) is 5.97. The Labute approximate surface area is 251 Å². The van der Waals surface area contributed by atoms with Crippen molar-refractivity contribution in [3.8, 4) is 11.1 Å². The summed E-state index contributed by atoms with van der Waals surface area (Å²) in [5.41, 5.74) is 9.05. The van der Waals surface area contributed by atoms with Crippen LogP contribution in [0.2, 0.25) is 0 Å². The lowest BCUT2D eigenvalue weighted by Gasteiger charge is -2.14. The Kier molecular flexibility index (Phi) is 9.13. The molecule has 1 aromatic heterocycles. The summed E-state index contributed by atoms with van der Waals surface area (Å²) >= 11 is 0. The Morgan fingerprint density at radius 1 is 0.907 bits per heavy atom. The number of nitrogens with two attached hydrogens (primary N) is 1. The maximum atomic E-state index is 13.3. The van der Waals surface area contributed by atoms with Crippen LogP contribution in [0, 0.1) is 6.92 Å². The van der Waals surface area contributed by atoms with E-state index in [0.29, 0.717) is 28.9 Å². The zero-order chi connectivity index (χ0) is 30.4. The van der Waals surface area contributed by atoms with E-state index in [1.165, 1.54) is 25.2 Å². The topological polar surface area (TPSA) is 147 Å². The van der Waals surface area contributed by atoms with Gasteiger partial charge in [0.05, 0.1) is 10.6 Å². The molecule has 0 aliphatic carbocycles. The second-order valence-electron chi connectivity index (χ2n) is 10.6. The van der Waals surface area contributed by atoms with Gasteiger partial charge < -0.3 is 21.3 Å². The number of nitrogens with zero attached hydrogens (tertiary/aromatic N) is 3. The van der Waals surface area contributed by atoms with Crippen molar-refractivity contribution in [1.82, 2.24) is 14.9 Å². The average molecular weight is 599 g/mol. The van der Waals surface area contributed by atoms with Crippen LogP contribution in [0.4, 0.5) is 17.3 Å². The van der Waals surface area contributed by atoms with E-state index in [1.807, 2.05) is 25.1 Å². The molecule has 5 rings (SSSR count). The smallest absolute Gasteiger partial charge is 0.256 e. The molecular formula is C32H34N6O4S. The highest BCUT2D eigenvalue weighted by molar-refractivity contribution is 7.91. The molecule has 4 aromatic rings. The molecule has 0 bridgehead atoms. The number of sulfone groups is 1. The molecule has 3 aromatic carbocycles. The number of aromatic nitrogens is 2. The van der Waals surface area contributed by atoms with Crippen molar-refractivity contribution in [3.63, 3.8) is 0 Å². The molecule has 43 heavy (non-hydrogen) atoms. The second kappa shape index (κ2) is 13.1. The van der Waals surface area contributed by atoms with Crippen molar-refractivity contribution in [1.29, 1.82) is 0 Å². The molecule has 1 aliphatic rings. The van der Waals surface area contributed by atoms with Crippen molar-refractivity contribution < 1.29 is 18.0 Å². The average Bonchev–Trinajstić information content (AvgIpc) is 3.51. The van der Waals surface area contributed by atoms with Crippen LogP contribution in [0.5, 0.6) is 0 Å². The molecule has 1 saturated heterocycles. The molecule has 11 heteroatoms. The van der Waals surface area contributed by atoms with E-state index in [-0.39, 0.29) is 27.7 Å². The summed E-state index contributed by atoms with van der Waals surface area (Å²) in [5.74, 6) is -0.726. The number of amides is 2.